The van der Waals surface area contributed by atoms with E-state index in [1.807, 2.05) is 0 Å². The highest BCUT2D eigenvalue weighted by molar-refractivity contribution is 5.03. The molecule has 0 heteroatoms. The first kappa shape index (κ1) is 12.2. The molecular weight excluding hydrogens is 192 g/mol. The lowest BCUT2D eigenvalue weighted by Crippen LogP contribution is -2.25. The minimum atomic E-state index is 0.836. The Morgan fingerprint density at radius 1 is 1.06 bits per heavy atom. The quantitative estimate of drug-likeness (QED) is 0.584. The smallest absolute Gasteiger partial charge is 0.0178 e. The Labute approximate surface area is 102 Å². The summed E-state index contributed by atoms with van der Waals surface area (Å²) in [5.74, 6) is 4.69. The first-order valence-corrected chi connectivity index (χ1v) is 7.26. The Bertz CT molecular complexity index is 253. The second-order valence-corrected chi connectivity index (χ2v) is 6.48. The Morgan fingerprint density at radius 3 is 2.25 bits per heavy atom. The molecule has 0 nitrogen and oxygen atoms in total. The van der Waals surface area contributed by atoms with E-state index >= 15 is 0 Å². The molecule has 5 atom stereocenters. The summed E-state index contributed by atoms with van der Waals surface area (Å²) in [6.45, 7) is 11.5. The van der Waals surface area contributed by atoms with E-state index in [1.165, 1.54) is 44.1 Å². The van der Waals surface area contributed by atoms with E-state index in [0.717, 1.165) is 29.6 Å². The Kier molecular flexibility index (Phi) is 3.77. The largest absolute Gasteiger partial charge is 0.0999 e. The molecule has 0 aromatic carbocycles. The molecule has 5 unspecified atom stereocenters. The van der Waals surface area contributed by atoms with Crippen LogP contribution in [0.5, 0.6) is 0 Å². The number of hydrogen-bond acceptors (Lipinski definition) is 0. The molecule has 16 heavy (non-hydrogen) atoms. The third kappa shape index (κ3) is 2.21. The first-order chi connectivity index (χ1) is 7.61. The molecule has 0 N–H and O–H groups in total. The van der Waals surface area contributed by atoms with Gasteiger partial charge in [0.05, 0.1) is 0 Å². The van der Waals surface area contributed by atoms with Gasteiger partial charge in [-0.05, 0) is 55.8 Å². The molecule has 2 saturated carbocycles. The molecule has 2 fully saturated rings. The van der Waals surface area contributed by atoms with Gasteiger partial charge in [-0.1, -0.05) is 45.3 Å². The predicted molar refractivity (Wildman–Crippen MR) is 71.3 cm³/mol. The normalized spacial score (nSPS) is 41.2. The molecule has 2 aliphatic carbocycles. The fraction of sp³-hybridized carbons (Fsp3) is 0.875. The van der Waals surface area contributed by atoms with Gasteiger partial charge in [-0.25, -0.2) is 0 Å². The van der Waals surface area contributed by atoms with Gasteiger partial charge < -0.3 is 0 Å². The Morgan fingerprint density at radius 2 is 1.69 bits per heavy atom. The molecule has 0 aliphatic heterocycles. The molecule has 0 amide bonds. The highest BCUT2D eigenvalue weighted by Gasteiger charge is 2.38. The van der Waals surface area contributed by atoms with Crippen molar-refractivity contribution < 1.29 is 0 Å². The highest BCUT2D eigenvalue weighted by atomic mass is 14.4. The van der Waals surface area contributed by atoms with Gasteiger partial charge in [-0.3, -0.25) is 0 Å². The number of rotatable bonds is 3. The molecule has 0 saturated heterocycles. The van der Waals surface area contributed by atoms with Gasteiger partial charge in [0.1, 0.15) is 0 Å². The third-order valence-corrected chi connectivity index (χ3v) is 5.48. The van der Waals surface area contributed by atoms with Crippen molar-refractivity contribution in [3.8, 4) is 0 Å². The van der Waals surface area contributed by atoms with Crippen LogP contribution < -0.4 is 0 Å². The van der Waals surface area contributed by atoms with Crippen molar-refractivity contribution in [2.24, 2.45) is 29.6 Å². The SMILES string of the molecule is C=C(C)C1CCCC1C(C)C1CCCC1C. The standard InChI is InChI=1S/C16H28/c1-11(2)14-8-6-10-16(14)13(4)15-9-5-7-12(15)3/h12-16H,1,5-10H2,2-4H3. The molecule has 0 radical (unpaired) electrons. The summed E-state index contributed by atoms with van der Waals surface area (Å²) in [7, 11) is 0. The zero-order valence-electron chi connectivity index (χ0n) is 11.3. The van der Waals surface area contributed by atoms with Crippen LogP contribution in [0.15, 0.2) is 12.2 Å². The molecule has 0 bridgehead atoms. The van der Waals surface area contributed by atoms with E-state index < -0.39 is 0 Å². The molecule has 2 aliphatic rings. The van der Waals surface area contributed by atoms with Crippen LogP contribution in [-0.4, -0.2) is 0 Å². The van der Waals surface area contributed by atoms with E-state index in [0.29, 0.717) is 0 Å². The molecule has 0 aromatic rings. The van der Waals surface area contributed by atoms with Crippen molar-refractivity contribution in [3.05, 3.63) is 12.2 Å². The second kappa shape index (κ2) is 4.94. The van der Waals surface area contributed by atoms with E-state index in [2.05, 4.69) is 27.4 Å². The van der Waals surface area contributed by atoms with Crippen molar-refractivity contribution in [3.63, 3.8) is 0 Å². The summed E-state index contributed by atoms with van der Waals surface area (Å²) in [4.78, 5) is 0. The van der Waals surface area contributed by atoms with Crippen molar-refractivity contribution in [2.75, 3.05) is 0 Å². The average Bonchev–Trinajstić information content (AvgIpc) is 2.84. The van der Waals surface area contributed by atoms with Gasteiger partial charge in [0.2, 0.25) is 0 Å². The zero-order valence-corrected chi connectivity index (χ0v) is 11.3. The summed E-state index contributed by atoms with van der Waals surface area (Å²) < 4.78 is 0. The number of hydrogen-bond donors (Lipinski definition) is 0. The molecular formula is C16H28. The summed E-state index contributed by atoms with van der Waals surface area (Å²) in [5, 5.41) is 0. The van der Waals surface area contributed by atoms with Crippen molar-refractivity contribution >= 4 is 0 Å². The molecule has 0 aromatic heterocycles. The lowest BCUT2D eigenvalue weighted by molar-refractivity contribution is 0.185. The van der Waals surface area contributed by atoms with Gasteiger partial charge in [-0.15, -0.1) is 0 Å². The van der Waals surface area contributed by atoms with E-state index in [-0.39, 0.29) is 0 Å². The molecule has 0 spiro atoms. The van der Waals surface area contributed by atoms with Crippen LogP contribution in [0.1, 0.15) is 59.3 Å². The van der Waals surface area contributed by atoms with Crippen molar-refractivity contribution in [1.29, 1.82) is 0 Å². The third-order valence-electron chi connectivity index (χ3n) is 5.48. The first-order valence-electron chi connectivity index (χ1n) is 7.26. The maximum absolute atomic E-state index is 4.22. The van der Waals surface area contributed by atoms with Crippen molar-refractivity contribution in [2.45, 2.75) is 59.3 Å². The summed E-state index contributed by atoms with van der Waals surface area (Å²) >= 11 is 0. The summed E-state index contributed by atoms with van der Waals surface area (Å²) in [6, 6.07) is 0. The van der Waals surface area contributed by atoms with Gasteiger partial charge >= 0.3 is 0 Å². The predicted octanol–water partition coefficient (Wildman–Crippen LogP) is 5.05. The second-order valence-electron chi connectivity index (χ2n) is 6.48. The van der Waals surface area contributed by atoms with Crippen molar-refractivity contribution in [1.82, 2.24) is 0 Å². The monoisotopic (exact) mass is 220 g/mol. The summed E-state index contributed by atoms with van der Waals surface area (Å²) in [6.07, 6.45) is 8.74. The van der Waals surface area contributed by atoms with Crippen LogP contribution in [0, 0.1) is 29.6 Å². The van der Waals surface area contributed by atoms with Crippen LogP contribution in [0.25, 0.3) is 0 Å². The maximum Gasteiger partial charge on any atom is -0.0178 e. The minimum Gasteiger partial charge on any atom is -0.0999 e. The van der Waals surface area contributed by atoms with E-state index in [1.54, 1.807) is 0 Å². The lowest BCUT2D eigenvalue weighted by atomic mass is 9.72. The summed E-state index contributed by atoms with van der Waals surface area (Å²) in [5.41, 5.74) is 1.44. The molecule has 92 valence electrons. The molecule has 0 heterocycles. The van der Waals surface area contributed by atoms with Crippen LogP contribution >= 0.6 is 0 Å². The lowest BCUT2D eigenvalue weighted by Gasteiger charge is -2.33. The zero-order chi connectivity index (χ0) is 11.7. The average molecular weight is 220 g/mol. The van der Waals surface area contributed by atoms with E-state index in [4.69, 9.17) is 0 Å². The van der Waals surface area contributed by atoms with Gasteiger partial charge in [0, 0.05) is 0 Å². The van der Waals surface area contributed by atoms with Gasteiger partial charge in [-0.2, -0.15) is 0 Å². The van der Waals surface area contributed by atoms with Crippen LogP contribution in [0.3, 0.4) is 0 Å². The van der Waals surface area contributed by atoms with Gasteiger partial charge in [0.15, 0.2) is 0 Å². The fourth-order valence-corrected chi connectivity index (χ4v) is 4.50. The number of allylic oxidation sites excluding steroid dienone is 1. The Hall–Kier alpha value is -0.260. The minimum absolute atomic E-state index is 0.836. The Balaban J connectivity index is 2.03. The van der Waals surface area contributed by atoms with Crippen LogP contribution in [0.4, 0.5) is 0 Å². The van der Waals surface area contributed by atoms with Gasteiger partial charge in [0.25, 0.3) is 0 Å². The van der Waals surface area contributed by atoms with E-state index in [9.17, 15) is 0 Å². The highest BCUT2D eigenvalue weighted by Crippen LogP contribution is 2.47. The van der Waals surface area contributed by atoms with Crippen LogP contribution in [0.2, 0.25) is 0 Å². The molecule has 2 rings (SSSR count). The maximum atomic E-state index is 4.22. The fourth-order valence-electron chi connectivity index (χ4n) is 4.50. The van der Waals surface area contributed by atoms with Crippen LogP contribution in [-0.2, 0) is 0 Å². The topological polar surface area (TPSA) is 0 Å².